The van der Waals surface area contributed by atoms with Gasteiger partial charge in [0, 0.05) is 0 Å². The Morgan fingerprint density at radius 2 is 1.82 bits per heavy atom. The van der Waals surface area contributed by atoms with Crippen molar-refractivity contribution in [2.24, 2.45) is 0 Å². The molecule has 0 rings (SSSR count). The van der Waals surface area contributed by atoms with Crippen LogP contribution in [0.2, 0.25) is 0 Å². The van der Waals surface area contributed by atoms with Crippen LogP contribution in [0.4, 0.5) is 0 Å². The fourth-order valence-corrected chi connectivity index (χ4v) is 1.73. The van der Waals surface area contributed by atoms with Crippen LogP contribution in [0.15, 0.2) is 0 Å². The molecule has 0 radical (unpaired) electrons. The van der Waals surface area contributed by atoms with Crippen molar-refractivity contribution in [1.29, 1.82) is 0 Å². The fourth-order valence-electron chi connectivity index (χ4n) is 0.863. The van der Waals surface area contributed by atoms with Crippen molar-refractivity contribution >= 4 is 16.9 Å². The van der Waals surface area contributed by atoms with E-state index in [1.165, 1.54) is 5.17 Å². The van der Waals surface area contributed by atoms with E-state index in [0.29, 0.717) is 6.04 Å². The summed E-state index contributed by atoms with van der Waals surface area (Å²) in [5.41, 5.74) is 0. The van der Waals surface area contributed by atoms with Gasteiger partial charge in [-0.15, -0.1) is 0 Å². The number of rotatable bonds is 1. The Balaban J connectivity index is 4.40. The molecule has 11 heavy (non-hydrogen) atoms. The lowest BCUT2D eigenvalue weighted by atomic mass is 10.4. The highest BCUT2D eigenvalue weighted by molar-refractivity contribution is 8.12. The van der Waals surface area contributed by atoms with Crippen LogP contribution in [0.5, 0.6) is 0 Å². The molecule has 3 heteroatoms. The number of amidine groups is 1. The zero-order valence-electron chi connectivity index (χ0n) is 8.38. The summed E-state index contributed by atoms with van der Waals surface area (Å²) in [5.74, 6) is 0. The minimum atomic E-state index is 0.569. The molecule has 0 atom stereocenters. The maximum absolute atomic E-state index is 2.27. The van der Waals surface area contributed by atoms with Crippen LogP contribution in [0, 0.1) is 0 Å². The van der Waals surface area contributed by atoms with Crippen molar-refractivity contribution in [2.75, 3.05) is 27.4 Å². The SMILES string of the molecule is CSC(N(C)C(C)C)=[N+](C)C. The average molecular weight is 175 g/mol. The highest BCUT2D eigenvalue weighted by atomic mass is 32.2. The molecule has 0 amide bonds. The van der Waals surface area contributed by atoms with Gasteiger partial charge in [-0.25, -0.2) is 0 Å². The van der Waals surface area contributed by atoms with Crippen molar-refractivity contribution in [2.45, 2.75) is 19.9 Å². The molecular formula is C8H19N2S+. The van der Waals surface area contributed by atoms with E-state index in [9.17, 15) is 0 Å². The Labute approximate surface area is 74.3 Å². The first-order chi connectivity index (χ1) is 5.00. The lowest BCUT2D eigenvalue weighted by molar-refractivity contribution is -0.466. The summed E-state index contributed by atoms with van der Waals surface area (Å²) in [6.45, 7) is 4.39. The Kier molecular flexibility index (Phi) is 4.57. The van der Waals surface area contributed by atoms with Crippen LogP contribution >= 0.6 is 11.8 Å². The van der Waals surface area contributed by atoms with Crippen LogP contribution in [0.25, 0.3) is 0 Å². The van der Waals surface area contributed by atoms with E-state index in [4.69, 9.17) is 0 Å². The van der Waals surface area contributed by atoms with Gasteiger partial charge in [0.2, 0.25) is 0 Å². The molecule has 0 aliphatic heterocycles. The Morgan fingerprint density at radius 1 is 1.36 bits per heavy atom. The minimum absolute atomic E-state index is 0.569. The summed E-state index contributed by atoms with van der Waals surface area (Å²) in [6, 6.07) is 0.569. The molecule has 66 valence electrons. The second kappa shape index (κ2) is 4.65. The second-order valence-corrected chi connectivity index (χ2v) is 3.86. The van der Waals surface area contributed by atoms with E-state index < -0.39 is 0 Å². The van der Waals surface area contributed by atoms with Crippen LogP contribution < -0.4 is 0 Å². The molecule has 0 bridgehead atoms. The number of nitrogens with zero attached hydrogens (tertiary/aromatic N) is 2. The van der Waals surface area contributed by atoms with E-state index in [0.717, 1.165) is 0 Å². The highest BCUT2D eigenvalue weighted by Crippen LogP contribution is 2.05. The van der Waals surface area contributed by atoms with Gasteiger partial charge in [-0.3, -0.25) is 9.48 Å². The van der Waals surface area contributed by atoms with Crippen molar-refractivity contribution in [1.82, 2.24) is 4.90 Å². The van der Waals surface area contributed by atoms with Gasteiger partial charge in [0.1, 0.15) is 0 Å². The largest absolute Gasteiger partial charge is 0.307 e. The van der Waals surface area contributed by atoms with Crippen LogP contribution in [-0.2, 0) is 0 Å². The standard InChI is InChI=1S/C8H19N2S/c1-7(2)10(5)8(11-6)9(3)4/h7H,1-6H3/q+1. The molecule has 0 saturated carbocycles. The third-order valence-corrected chi connectivity index (χ3v) is 2.66. The molecule has 0 unspecified atom stereocenters. The zero-order chi connectivity index (χ0) is 9.02. The van der Waals surface area contributed by atoms with Gasteiger partial charge in [0.25, 0.3) is 0 Å². The predicted molar refractivity (Wildman–Crippen MR) is 53.5 cm³/mol. The molecule has 0 saturated heterocycles. The van der Waals surface area contributed by atoms with E-state index in [-0.39, 0.29) is 0 Å². The van der Waals surface area contributed by atoms with Gasteiger partial charge in [-0.05, 0) is 31.9 Å². The van der Waals surface area contributed by atoms with Crippen molar-refractivity contribution < 1.29 is 4.58 Å². The molecule has 0 aliphatic rings. The maximum Gasteiger partial charge on any atom is 0.307 e. The monoisotopic (exact) mass is 175 g/mol. The first-order valence-electron chi connectivity index (χ1n) is 3.81. The Bertz CT molecular complexity index is 148. The Morgan fingerprint density at radius 3 is 1.91 bits per heavy atom. The van der Waals surface area contributed by atoms with Crippen LogP contribution in [-0.4, -0.2) is 48.1 Å². The molecule has 0 fully saturated rings. The van der Waals surface area contributed by atoms with Gasteiger partial charge in [-0.2, -0.15) is 0 Å². The van der Waals surface area contributed by atoms with Crippen molar-refractivity contribution in [3.8, 4) is 0 Å². The van der Waals surface area contributed by atoms with Gasteiger partial charge in [-0.1, -0.05) is 0 Å². The summed E-state index contributed by atoms with van der Waals surface area (Å²) >= 11 is 1.78. The summed E-state index contributed by atoms with van der Waals surface area (Å²) < 4.78 is 2.14. The molecule has 0 heterocycles. The molecule has 0 N–H and O–H groups in total. The zero-order valence-corrected chi connectivity index (χ0v) is 9.20. The molecular weight excluding hydrogens is 156 g/mol. The smallest absolute Gasteiger partial charge is 0.262 e. The van der Waals surface area contributed by atoms with Crippen molar-refractivity contribution in [3.63, 3.8) is 0 Å². The molecule has 0 aromatic rings. The molecule has 0 aliphatic carbocycles. The summed E-state index contributed by atoms with van der Waals surface area (Å²) in [6.07, 6.45) is 2.11. The third-order valence-electron chi connectivity index (χ3n) is 1.64. The van der Waals surface area contributed by atoms with Crippen LogP contribution in [0.1, 0.15) is 13.8 Å². The quantitative estimate of drug-likeness (QED) is 0.337. The first-order valence-corrected chi connectivity index (χ1v) is 5.04. The van der Waals surface area contributed by atoms with Crippen LogP contribution in [0.3, 0.4) is 0 Å². The third kappa shape index (κ3) is 3.14. The minimum Gasteiger partial charge on any atom is -0.262 e. The maximum atomic E-state index is 2.27. The first kappa shape index (κ1) is 10.8. The Hall–Kier alpha value is -0.180. The van der Waals surface area contributed by atoms with Crippen molar-refractivity contribution in [3.05, 3.63) is 0 Å². The van der Waals surface area contributed by atoms with E-state index in [1.54, 1.807) is 11.8 Å². The normalized spacial score (nSPS) is 10.1. The summed E-state index contributed by atoms with van der Waals surface area (Å²) in [7, 11) is 6.27. The van der Waals surface area contributed by atoms with Gasteiger partial charge in [0.15, 0.2) is 0 Å². The molecule has 0 aromatic heterocycles. The highest BCUT2D eigenvalue weighted by Gasteiger charge is 2.16. The average Bonchev–Trinajstić information content (AvgIpc) is 1.88. The molecule has 2 nitrogen and oxygen atoms in total. The van der Waals surface area contributed by atoms with E-state index in [1.807, 2.05) is 0 Å². The van der Waals surface area contributed by atoms with Gasteiger partial charge < -0.3 is 0 Å². The second-order valence-electron chi connectivity index (χ2n) is 3.09. The van der Waals surface area contributed by atoms with E-state index in [2.05, 4.69) is 50.7 Å². The number of hydrogen-bond donors (Lipinski definition) is 0. The summed E-state index contributed by atoms with van der Waals surface area (Å²) in [4.78, 5) is 2.27. The molecule has 0 spiro atoms. The molecule has 0 aromatic carbocycles. The lowest BCUT2D eigenvalue weighted by Gasteiger charge is -2.17. The number of thioether (sulfide) groups is 1. The topological polar surface area (TPSA) is 6.25 Å². The van der Waals surface area contributed by atoms with Gasteiger partial charge >= 0.3 is 5.17 Å². The fraction of sp³-hybridized carbons (Fsp3) is 0.875. The number of hydrogen-bond acceptors (Lipinski definition) is 1. The van der Waals surface area contributed by atoms with E-state index >= 15 is 0 Å². The lowest BCUT2D eigenvalue weighted by Crippen LogP contribution is -2.35. The van der Waals surface area contributed by atoms with Gasteiger partial charge in [0.05, 0.1) is 27.2 Å². The predicted octanol–water partition coefficient (Wildman–Crippen LogP) is 1.32. The summed E-state index contributed by atoms with van der Waals surface area (Å²) in [5, 5.41) is 1.31.